The van der Waals surface area contributed by atoms with Gasteiger partial charge in [-0.1, -0.05) is 0 Å². The Labute approximate surface area is 126 Å². The SMILES string of the molecule is Cc1cc(C(NN)C2CCOC3(CCOCC3)C2)ccn1. The Balaban J connectivity index is 1.77. The van der Waals surface area contributed by atoms with Crippen LogP contribution in [0.3, 0.4) is 0 Å². The lowest BCUT2D eigenvalue weighted by atomic mass is 9.76. The predicted molar refractivity (Wildman–Crippen MR) is 80.5 cm³/mol. The van der Waals surface area contributed by atoms with Crippen LogP contribution in [0.25, 0.3) is 0 Å². The molecule has 5 nitrogen and oxygen atoms in total. The third-order valence-electron chi connectivity index (χ3n) is 4.87. The van der Waals surface area contributed by atoms with Crippen LogP contribution in [0.5, 0.6) is 0 Å². The van der Waals surface area contributed by atoms with Crippen molar-refractivity contribution in [3.8, 4) is 0 Å². The third-order valence-corrected chi connectivity index (χ3v) is 4.87. The second kappa shape index (κ2) is 6.40. The zero-order chi connectivity index (χ0) is 14.7. The molecule has 116 valence electrons. The molecule has 1 aromatic rings. The molecule has 0 bridgehead atoms. The number of hydrazine groups is 1. The standard InChI is InChI=1S/C16H25N3O2/c1-12-10-13(2-6-18-12)15(19-17)14-3-7-21-16(11-14)4-8-20-9-5-16/h2,6,10,14-15,19H,3-5,7-9,11,17H2,1H3. The van der Waals surface area contributed by atoms with Gasteiger partial charge in [0.05, 0.1) is 5.60 Å². The second-order valence-electron chi connectivity index (χ2n) is 6.27. The number of pyridine rings is 1. The van der Waals surface area contributed by atoms with Crippen molar-refractivity contribution in [3.63, 3.8) is 0 Å². The molecule has 2 aliphatic rings. The summed E-state index contributed by atoms with van der Waals surface area (Å²) >= 11 is 0. The summed E-state index contributed by atoms with van der Waals surface area (Å²) in [4.78, 5) is 4.28. The fourth-order valence-electron chi connectivity index (χ4n) is 3.71. The maximum atomic E-state index is 6.13. The molecule has 2 saturated heterocycles. The predicted octanol–water partition coefficient (Wildman–Crippen LogP) is 1.87. The molecular formula is C16H25N3O2. The minimum Gasteiger partial charge on any atom is -0.381 e. The van der Waals surface area contributed by atoms with E-state index >= 15 is 0 Å². The molecule has 2 aliphatic heterocycles. The lowest BCUT2D eigenvalue weighted by Crippen LogP contribution is -2.47. The molecule has 3 N–H and O–H groups in total. The number of hydrogen-bond donors (Lipinski definition) is 2. The Kier molecular flexibility index (Phi) is 4.54. The highest BCUT2D eigenvalue weighted by molar-refractivity contribution is 5.20. The van der Waals surface area contributed by atoms with Crippen molar-refractivity contribution in [2.24, 2.45) is 11.8 Å². The normalized spacial score (nSPS) is 26.7. The van der Waals surface area contributed by atoms with Gasteiger partial charge in [0.15, 0.2) is 0 Å². The first-order valence-corrected chi connectivity index (χ1v) is 7.83. The summed E-state index contributed by atoms with van der Waals surface area (Å²) < 4.78 is 11.6. The van der Waals surface area contributed by atoms with Crippen molar-refractivity contribution < 1.29 is 9.47 Å². The first-order valence-electron chi connectivity index (χ1n) is 7.83. The van der Waals surface area contributed by atoms with Gasteiger partial charge >= 0.3 is 0 Å². The fourth-order valence-corrected chi connectivity index (χ4v) is 3.71. The highest BCUT2D eigenvalue weighted by Gasteiger charge is 2.41. The summed E-state index contributed by atoms with van der Waals surface area (Å²) in [6, 6.07) is 4.34. The number of ether oxygens (including phenoxy) is 2. The van der Waals surface area contributed by atoms with E-state index in [0.29, 0.717) is 5.92 Å². The molecule has 5 heteroatoms. The van der Waals surface area contributed by atoms with Crippen LogP contribution in [0.1, 0.15) is 43.0 Å². The van der Waals surface area contributed by atoms with Gasteiger partial charge in [0.25, 0.3) is 0 Å². The van der Waals surface area contributed by atoms with Crippen molar-refractivity contribution in [1.29, 1.82) is 0 Å². The lowest BCUT2D eigenvalue weighted by molar-refractivity contribution is -0.150. The molecule has 1 spiro atoms. The highest BCUT2D eigenvalue weighted by Crippen LogP contribution is 2.41. The molecule has 21 heavy (non-hydrogen) atoms. The Morgan fingerprint density at radius 2 is 2.19 bits per heavy atom. The Bertz CT molecular complexity index is 469. The maximum Gasteiger partial charge on any atom is 0.0729 e. The summed E-state index contributed by atoms with van der Waals surface area (Å²) in [6.45, 7) is 4.44. The molecule has 2 unspecified atom stereocenters. The van der Waals surface area contributed by atoms with Crippen LogP contribution in [-0.4, -0.2) is 30.4 Å². The summed E-state index contributed by atoms with van der Waals surface area (Å²) in [6.07, 6.45) is 5.94. The first-order chi connectivity index (χ1) is 10.2. The van der Waals surface area contributed by atoms with E-state index in [4.69, 9.17) is 15.3 Å². The zero-order valence-corrected chi connectivity index (χ0v) is 12.7. The quantitative estimate of drug-likeness (QED) is 0.657. The van der Waals surface area contributed by atoms with Gasteiger partial charge in [0.2, 0.25) is 0 Å². The molecule has 0 amide bonds. The van der Waals surface area contributed by atoms with Gasteiger partial charge in [-0.15, -0.1) is 0 Å². The number of aryl methyl sites for hydroxylation is 1. The van der Waals surface area contributed by atoms with E-state index in [0.717, 1.165) is 51.2 Å². The van der Waals surface area contributed by atoms with E-state index < -0.39 is 0 Å². The van der Waals surface area contributed by atoms with Crippen LogP contribution in [0.4, 0.5) is 0 Å². The van der Waals surface area contributed by atoms with Crippen LogP contribution in [0, 0.1) is 12.8 Å². The van der Waals surface area contributed by atoms with Crippen molar-refractivity contribution in [2.45, 2.75) is 44.2 Å². The van der Waals surface area contributed by atoms with Gasteiger partial charge in [-0.05, 0) is 56.2 Å². The van der Waals surface area contributed by atoms with E-state index in [1.807, 2.05) is 13.1 Å². The summed E-state index contributed by atoms with van der Waals surface area (Å²) in [7, 11) is 0. The van der Waals surface area contributed by atoms with Gasteiger partial charge in [-0.3, -0.25) is 16.3 Å². The molecule has 0 aromatic carbocycles. The molecule has 2 atom stereocenters. The first kappa shape index (κ1) is 14.9. The molecule has 0 saturated carbocycles. The highest BCUT2D eigenvalue weighted by atomic mass is 16.5. The number of hydrogen-bond acceptors (Lipinski definition) is 5. The van der Waals surface area contributed by atoms with Crippen LogP contribution < -0.4 is 11.3 Å². The number of rotatable bonds is 3. The number of nitrogens with zero attached hydrogens (tertiary/aromatic N) is 1. The average molecular weight is 291 g/mol. The second-order valence-corrected chi connectivity index (χ2v) is 6.27. The smallest absolute Gasteiger partial charge is 0.0729 e. The molecule has 3 rings (SSSR count). The van der Waals surface area contributed by atoms with Crippen molar-refractivity contribution >= 4 is 0 Å². The van der Waals surface area contributed by atoms with Crippen molar-refractivity contribution in [2.75, 3.05) is 19.8 Å². The maximum absolute atomic E-state index is 6.13. The van der Waals surface area contributed by atoms with Gasteiger partial charge in [0, 0.05) is 37.8 Å². The molecular weight excluding hydrogens is 266 g/mol. The lowest BCUT2D eigenvalue weighted by Gasteiger charge is -2.45. The Morgan fingerprint density at radius 1 is 1.38 bits per heavy atom. The zero-order valence-electron chi connectivity index (χ0n) is 12.7. The third kappa shape index (κ3) is 3.26. The number of nitrogens with two attached hydrogens (primary N) is 1. The minimum absolute atomic E-state index is 0.00165. The molecule has 1 aromatic heterocycles. The van der Waals surface area contributed by atoms with E-state index in [-0.39, 0.29) is 11.6 Å². The van der Waals surface area contributed by atoms with Crippen molar-refractivity contribution in [1.82, 2.24) is 10.4 Å². The Hall–Kier alpha value is -1.01. The van der Waals surface area contributed by atoms with E-state index in [1.165, 1.54) is 5.56 Å². The molecule has 2 fully saturated rings. The average Bonchev–Trinajstić information content (AvgIpc) is 2.49. The van der Waals surface area contributed by atoms with Crippen molar-refractivity contribution in [3.05, 3.63) is 29.6 Å². The van der Waals surface area contributed by atoms with Crippen LogP contribution >= 0.6 is 0 Å². The molecule has 0 aliphatic carbocycles. The summed E-state index contributed by atoms with van der Waals surface area (Å²) in [5.41, 5.74) is 5.27. The van der Waals surface area contributed by atoms with E-state index in [2.05, 4.69) is 22.5 Å². The molecule has 3 heterocycles. The van der Waals surface area contributed by atoms with Gasteiger partial charge < -0.3 is 9.47 Å². The summed E-state index contributed by atoms with van der Waals surface area (Å²) in [5.74, 6) is 6.36. The number of nitrogens with one attached hydrogen (secondary N) is 1. The fraction of sp³-hybridized carbons (Fsp3) is 0.688. The van der Waals surface area contributed by atoms with Crippen LogP contribution in [-0.2, 0) is 9.47 Å². The largest absolute Gasteiger partial charge is 0.381 e. The Morgan fingerprint density at radius 3 is 2.90 bits per heavy atom. The van der Waals surface area contributed by atoms with Crippen LogP contribution in [0.15, 0.2) is 18.3 Å². The van der Waals surface area contributed by atoms with Gasteiger partial charge in [-0.25, -0.2) is 0 Å². The monoisotopic (exact) mass is 291 g/mol. The topological polar surface area (TPSA) is 69.4 Å². The van der Waals surface area contributed by atoms with Crippen LogP contribution in [0.2, 0.25) is 0 Å². The van der Waals surface area contributed by atoms with Gasteiger partial charge in [0.1, 0.15) is 0 Å². The number of aromatic nitrogens is 1. The van der Waals surface area contributed by atoms with Gasteiger partial charge in [-0.2, -0.15) is 0 Å². The summed E-state index contributed by atoms with van der Waals surface area (Å²) in [5, 5.41) is 0. The van der Waals surface area contributed by atoms with E-state index in [9.17, 15) is 0 Å². The molecule has 0 radical (unpaired) electrons. The minimum atomic E-state index is -0.00165. The van der Waals surface area contributed by atoms with E-state index in [1.54, 1.807) is 0 Å².